The monoisotopic (exact) mass is 369 g/mol. The van der Waals surface area contributed by atoms with E-state index in [-0.39, 0.29) is 18.0 Å². The Morgan fingerprint density at radius 2 is 2.04 bits per heavy atom. The van der Waals surface area contributed by atoms with Gasteiger partial charge in [0.15, 0.2) is 0 Å². The zero-order valence-corrected chi connectivity index (χ0v) is 16.1. The highest BCUT2D eigenvalue weighted by Gasteiger charge is 2.50. The van der Waals surface area contributed by atoms with Crippen LogP contribution in [0.1, 0.15) is 39.5 Å². The molecule has 1 aromatic carbocycles. The van der Waals surface area contributed by atoms with Crippen molar-refractivity contribution in [2.24, 2.45) is 11.3 Å². The first-order valence-corrected chi connectivity index (χ1v) is 9.85. The van der Waals surface area contributed by atoms with E-state index in [0.29, 0.717) is 44.8 Å². The van der Waals surface area contributed by atoms with Crippen molar-refractivity contribution < 1.29 is 14.3 Å². The Morgan fingerprint density at radius 3 is 2.78 bits per heavy atom. The van der Waals surface area contributed by atoms with Crippen LogP contribution in [0.4, 0.5) is 0 Å². The lowest BCUT2D eigenvalue weighted by Gasteiger charge is -2.36. The number of carbonyl (C=O) groups excluding carboxylic acids is 2. The minimum Gasteiger partial charge on any atom is -0.460 e. The quantitative estimate of drug-likeness (QED) is 0.777. The number of rotatable bonds is 4. The third-order valence-corrected chi connectivity index (χ3v) is 5.91. The van der Waals surface area contributed by atoms with Gasteiger partial charge < -0.3 is 14.2 Å². The molecular weight excluding hydrogens is 342 g/mol. The summed E-state index contributed by atoms with van der Waals surface area (Å²) in [6.07, 6.45) is 4.40. The van der Waals surface area contributed by atoms with Gasteiger partial charge in [0, 0.05) is 25.9 Å². The van der Waals surface area contributed by atoms with Crippen molar-refractivity contribution in [2.45, 2.75) is 52.2 Å². The normalized spacial score (nSPS) is 22.0. The smallest absolute Gasteiger partial charge is 0.312 e. The molecule has 3 heterocycles. The maximum atomic E-state index is 12.7. The van der Waals surface area contributed by atoms with E-state index in [0.717, 1.165) is 17.5 Å². The Balaban J connectivity index is 1.40. The lowest BCUT2D eigenvalue weighted by atomic mass is 9.76. The molecule has 1 amide bonds. The van der Waals surface area contributed by atoms with Gasteiger partial charge in [-0.05, 0) is 30.9 Å². The molecular formula is C21H27N3O3. The van der Waals surface area contributed by atoms with Crippen molar-refractivity contribution in [3.05, 3.63) is 30.6 Å². The van der Waals surface area contributed by atoms with Crippen LogP contribution in [-0.4, -0.2) is 45.5 Å². The van der Waals surface area contributed by atoms with Gasteiger partial charge in [-0.25, -0.2) is 4.98 Å². The van der Waals surface area contributed by atoms with Crippen molar-refractivity contribution >= 4 is 22.9 Å². The van der Waals surface area contributed by atoms with Crippen LogP contribution in [0.15, 0.2) is 30.6 Å². The fraction of sp³-hybridized carbons (Fsp3) is 0.571. The van der Waals surface area contributed by atoms with Crippen LogP contribution in [0.25, 0.3) is 11.0 Å². The summed E-state index contributed by atoms with van der Waals surface area (Å²) in [5.41, 5.74) is 1.59. The fourth-order valence-corrected chi connectivity index (χ4v) is 4.38. The molecule has 1 unspecified atom stereocenters. The van der Waals surface area contributed by atoms with E-state index in [4.69, 9.17) is 4.74 Å². The van der Waals surface area contributed by atoms with E-state index in [9.17, 15) is 9.59 Å². The maximum absolute atomic E-state index is 12.7. The molecule has 4 rings (SSSR count). The number of hydrogen-bond acceptors (Lipinski definition) is 4. The standard InChI is InChI=1S/C21H27N3O3/c1-15(2)11-19(25)23-9-7-21(8-10-23)12-16(27-20(21)26)13-24-14-22-17-5-3-4-6-18(17)24/h3-6,14-16H,7-13H2,1-2H3. The zero-order chi connectivity index (χ0) is 19.0. The first kappa shape index (κ1) is 18.0. The first-order valence-electron chi connectivity index (χ1n) is 9.85. The molecule has 2 aliphatic heterocycles. The number of hydrogen-bond donors (Lipinski definition) is 0. The molecule has 0 aliphatic carbocycles. The number of fused-ring (bicyclic) bond motifs is 1. The van der Waals surface area contributed by atoms with Crippen molar-refractivity contribution in [2.75, 3.05) is 13.1 Å². The summed E-state index contributed by atoms with van der Waals surface area (Å²) in [5.74, 6) is 0.472. The van der Waals surface area contributed by atoms with Crippen LogP contribution in [0.2, 0.25) is 0 Å². The van der Waals surface area contributed by atoms with E-state index < -0.39 is 5.41 Å². The predicted octanol–water partition coefficient (Wildman–Crippen LogP) is 3.01. The van der Waals surface area contributed by atoms with Gasteiger partial charge in [0.25, 0.3) is 0 Å². The summed E-state index contributed by atoms with van der Waals surface area (Å²) >= 11 is 0. The summed E-state index contributed by atoms with van der Waals surface area (Å²) < 4.78 is 7.81. The highest BCUT2D eigenvalue weighted by atomic mass is 16.6. The number of esters is 1. The van der Waals surface area contributed by atoms with Crippen molar-refractivity contribution in [1.82, 2.24) is 14.5 Å². The number of para-hydroxylation sites is 2. The molecule has 1 atom stereocenters. The molecule has 0 radical (unpaired) electrons. The number of cyclic esters (lactones) is 1. The van der Waals surface area contributed by atoms with Gasteiger partial charge >= 0.3 is 5.97 Å². The van der Waals surface area contributed by atoms with Gasteiger partial charge in [-0.1, -0.05) is 26.0 Å². The molecule has 0 bridgehead atoms. The molecule has 2 aliphatic rings. The number of likely N-dealkylation sites (tertiary alicyclic amines) is 1. The number of amides is 1. The van der Waals surface area contributed by atoms with Crippen molar-refractivity contribution in [1.29, 1.82) is 0 Å². The highest BCUT2D eigenvalue weighted by Crippen LogP contribution is 2.43. The zero-order valence-electron chi connectivity index (χ0n) is 16.1. The number of nitrogens with zero attached hydrogens (tertiary/aromatic N) is 3. The highest BCUT2D eigenvalue weighted by molar-refractivity contribution is 5.81. The summed E-state index contributed by atoms with van der Waals surface area (Å²) in [6, 6.07) is 7.98. The van der Waals surface area contributed by atoms with E-state index in [2.05, 4.69) is 23.4 Å². The second-order valence-corrected chi connectivity index (χ2v) is 8.38. The molecule has 6 nitrogen and oxygen atoms in total. The van der Waals surface area contributed by atoms with Gasteiger partial charge in [-0.2, -0.15) is 0 Å². The van der Waals surface area contributed by atoms with E-state index in [1.54, 1.807) is 0 Å². The van der Waals surface area contributed by atoms with Crippen LogP contribution in [0.3, 0.4) is 0 Å². The first-order chi connectivity index (χ1) is 13.0. The third-order valence-electron chi connectivity index (χ3n) is 5.91. The van der Waals surface area contributed by atoms with Gasteiger partial charge in [0.2, 0.25) is 5.91 Å². The minimum absolute atomic E-state index is 0.0899. The van der Waals surface area contributed by atoms with Crippen molar-refractivity contribution in [3.8, 4) is 0 Å². The van der Waals surface area contributed by atoms with Gasteiger partial charge in [0.05, 0.1) is 29.3 Å². The second-order valence-electron chi connectivity index (χ2n) is 8.38. The molecule has 2 aromatic rings. The maximum Gasteiger partial charge on any atom is 0.312 e. The lowest BCUT2D eigenvalue weighted by molar-refractivity contribution is -0.152. The number of benzene rings is 1. The van der Waals surface area contributed by atoms with Crippen LogP contribution in [-0.2, 0) is 20.9 Å². The molecule has 1 spiro atoms. The number of aromatic nitrogens is 2. The fourth-order valence-electron chi connectivity index (χ4n) is 4.38. The predicted molar refractivity (Wildman–Crippen MR) is 102 cm³/mol. The number of carbonyl (C=O) groups is 2. The average Bonchev–Trinajstić information content (AvgIpc) is 3.17. The Kier molecular flexibility index (Phi) is 4.66. The average molecular weight is 369 g/mol. The SMILES string of the molecule is CC(C)CC(=O)N1CCC2(CC1)CC(Cn1cnc3ccccc31)OC2=O. The number of imidazole rings is 1. The van der Waals surface area contributed by atoms with Gasteiger partial charge in [0.1, 0.15) is 6.10 Å². The Labute approximate surface area is 159 Å². The van der Waals surface area contributed by atoms with Crippen LogP contribution >= 0.6 is 0 Å². The largest absolute Gasteiger partial charge is 0.460 e. The second kappa shape index (κ2) is 6.98. The number of ether oxygens (including phenoxy) is 1. The third kappa shape index (κ3) is 3.45. The minimum atomic E-state index is -0.421. The summed E-state index contributed by atoms with van der Waals surface area (Å²) in [5, 5.41) is 0. The van der Waals surface area contributed by atoms with Gasteiger partial charge in [-0.15, -0.1) is 0 Å². The molecule has 144 valence electrons. The summed E-state index contributed by atoms with van der Waals surface area (Å²) in [6.45, 7) is 6.05. The Hall–Kier alpha value is -2.37. The molecule has 2 fully saturated rings. The summed E-state index contributed by atoms with van der Waals surface area (Å²) in [4.78, 5) is 31.3. The summed E-state index contributed by atoms with van der Waals surface area (Å²) in [7, 11) is 0. The topological polar surface area (TPSA) is 64.4 Å². The van der Waals surface area contributed by atoms with Gasteiger partial charge in [-0.3, -0.25) is 9.59 Å². The Bertz CT molecular complexity index is 849. The molecule has 0 N–H and O–H groups in total. The number of piperidine rings is 1. The van der Waals surface area contributed by atoms with E-state index >= 15 is 0 Å². The molecule has 1 aromatic heterocycles. The molecule has 2 saturated heterocycles. The Morgan fingerprint density at radius 1 is 1.30 bits per heavy atom. The van der Waals surface area contributed by atoms with Crippen LogP contribution in [0, 0.1) is 11.3 Å². The van der Waals surface area contributed by atoms with Crippen LogP contribution < -0.4 is 0 Å². The molecule has 0 saturated carbocycles. The molecule has 27 heavy (non-hydrogen) atoms. The lowest BCUT2D eigenvalue weighted by Crippen LogP contribution is -2.45. The van der Waals surface area contributed by atoms with E-state index in [1.807, 2.05) is 35.5 Å². The van der Waals surface area contributed by atoms with E-state index in [1.165, 1.54) is 0 Å². The molecule has 6 heteroatoms. The van der Waals surface area contributed by atoms with Crippen molar-refractivity contribution in [3.63, 3.8) is 0 Å². The van der Waals surface area contributed by atoms with Crippen LogP contribution in [0.5, 0.6) is 0 Å².